The topological polar surface area (TPSA) is 90.5 Å². The molecule has 0 bridgehead atoms. The molecule has 0 heterocycles. The van der Waals surface area contributed by atoms with Crippen LogP contribution in [0.5, 0.6) is 0 Å². The maximum atomic E-state index is 12.4. The second kappa shape index (κ2) is 13.2. The Morgan fingerprint density at radius 2 is 1.67 bits per heavy atom. The summed E-state index contributed by atoms with van der Waals surface area (Å²) in [6.45, 7) is 15.9. The Kier molecular flexibility index (Phi) is 10.7. The summed E-state index contributed by atoms with van der Waals surface area (Å²) in [7, 11) is 0. The molecule has 9 atom stereocenters. The minimum atomic E-state index is -0.881. The van der Waals surface area contributed by atoms with Crippen LogP contribution in [0.15, 0.2) is 11.6 Å². The Balaban J connectivity index is 1.50. The fourth-order valence-electron chi connectivity index (χ4n) is 9.82. The predicted molar refractivity (Wildman–Crippen MR) is 163 cm³/mol. The average molecular weight is 546 g/mol. The van der Waals surface area contributed by atoms with Crippen molar-refractivity contribution in [1.82, 2.24) is 10.6 Å². The second-order valence-corrected chi connectivity index (χ2v) is 15.1. The number of rotatable bonds is 14. The van der Waals surface area contributed by atoms with Crippen LogP contribution in [-0.4, -0.2) is 54.1 Å². The van der Waals surface area contributed by atoms with Gasteiger partial charge in [0.2, 0.25) is 0 Å². The van der Waals surface area contributed by atoms with Crippen LogP contribution < -0.4 is 16.4 Å². The van der Waals surface area contributed by atoms with Crippen molar-refractivity contribution in [2.24, 2.45) is 46.2 Å². The fourth-order valence-corrected chi connectivity index (χ4v) is 9.82. The first-order valence-corrected chi connectivity index (χ1v) is 16.8. The van der Waals surface area contributed by atoms with E-state index in [1.165, 1.54) is 44.9 Å². The third-order valence-corrected chi connectivity index (χ3v) is 12.2. The summed E-state index contributed by atoms with van der Waals surface area (Å²) in [5, 5.41) is 30.4. The minimum Gasteiger partial charge on any atom is -0.393 e. The molecule has 0 aromatic rings. The van der Waals surface area contributed by atoms with Crippen LogP contribution in [0.2, 0.25) is 0 Å². The van der Waals surface area contributed by atoms with Gasteiger partial charge in [-0.05, 0) is 119 Å². The molecule has 6 N–H and O–H groups in total. The molecule has 5 nitrogen and oxygen atoms in total. The van der Waals surface area contributed by atoms with E-state index < -0.39 is 11.7 Å². The summed E-state index contributed by atoms with van der Waals surface area (Å²) in [5.74, 6) is 3.52. The average Bonchev–Trinajstić information content (AvgIpc) is 3.24. The van der Waals surface area contributed by atoms with Crippen molar-refractivity contribution in [3.63, 3.8) is 0 Å². The Hall–Kier alpha value is -0.460. The van der Waals surface area contributed by atoms with Crippen molar-refractivity contribution < 1.29 is 10.2 Å². The minimum absolute atomic E-state index is 0.0706. The van der Waals surface area contributed by atoms with E-state index in [-0.39, 0.29) is 11.5 Å². The summed E-state index contributed by atoms with van der Waals surface area (Å²) >= 11 is 0. The van der Waals surface area contributed by atoms with Gasteiger partial charge in [0.25, 0.3) is 0 Å². The van der Waals surface area contributed by atoms with Crippen molar-refractivity contribution in [3.05, 3.63) is 11.6 Å². The zero-order valence-electron chi connectivity index (χ0n) is 26.1. The van der Waals surface area contributed by atoms with Gasteiger partial charge in [-0.1, -0.05) is 65.5 Å². The molecule has 4 rings (SSSR count). The van der Waals surface area contributed by atoms with Gasteiger partial charge in [-0.15, -0.1) is 0 Å². The molecule has 3 saturated carbocycles. The Morgan fingerprint density at radius 3 is 2.41 bits per heavy atom. The van der Waals surface area contributed by atoms with Gasteiger partial charge < -0.3 is 26.6 Å². The first-order valence-electron chi connectivity index (χ1n) is 16.8. The monoisotopic (exact) mass is 545 g/mol. The summed E-state index contributed by atoms with van der Waals surface area (Å²) in [4.78, 5) is 0. The number of hydrogen-bond donors (Lipinski definition) is 5. The third-order valence-electron chi connectivity index (χ3n) is 12.2. The van der Waals surface area contributed by atoms with Crippen molar-refractivity contribution in [3.8, 4) is 0 Å². The normalized spacial score (nSPS) is 40.6. The molecule has 0 amide bonds. The van der Waals surface area contributed by atoms with E-state index in [0.29, 0.717) is 23.7 Å². The molecule has 3 fully saturated rings. The zero-order valence-corrected chi connectivity index (χ0v) is 26.1. The molecule has 4 aliphatic carbocycles. The number of nitrogens with two attached hydrogens (primary N) is 1. The molecule has 226 valence electrons. The first kappa shape index (κ1) is 31.5. The van der Waals surface area contributed by atoms with Crippen LogP contribution in [0.25, 0.3) is 0 Å². The van der Waals surface area contributed by atoms with E-state index in [1.54, 1.807) is 5.57 Å². The molecule has 5 heteroatoms. The molecule has 0 spiro atoms. The highest BCUT2D eigenvalue weighted by molar-refractivity contribution is 5.34. The number of hydrogen-bond acceptors (Lipinski definition) is 5. The summed E-state index contributed by atoms with van der Waals surface area (Å²) < 4.78 is 0. The van der Waals surface area contributed by atoms with Crippen LogP contribution in [0.1, 0.15) is 118 Å². The number of aliphatic hydroxyl groups excluding tert-OH is 1. The molecule has 39 heavy (non-hydrogen) atoms. The third kappa shape index (κ3) is 6.33. The number of unbranched alkanes of at least 4 members (excludes halogenated alkanes) is 1. The smallest absolute Gasteiger partial charge is 0.0919 e. The zero-order chi connectivity index (χ0) is 28.3. The maximum absolute atomic E-state index is 12.4. The van der Waals surface area contributed by atoms with Gasteiger partial charge in [-0.25, -0.2) is 0 Å². The van der Waals surface area contributed by atoms with Crippen molar-refractivity contribution in [1.29, 1.82) is 0 Å². The van der Waals surface area contributed by atoms with Gasteiger partial charge in [-0.3, -0.25) is 0 Å². The first-order chi connectivity index (χ1) is 18.6. The lowest BCUT2D eigenvalue weighted by atomic mass is 9.45. The molecular weight excluding hydrogens is 482 g/mol. The highest BCUT2D eigenvalue weighted by Crippen LogP contribution is 2.67. The molecular formula is C34H63N3O2. The maximum Gasteiger partial charge on any atom is 0.0919 e. The van der Waals surface area contributed by atoms with Crippen molar-refractivity contribution in [2.75, 3.05) is 26.2 Å². The molecule has 3 unspecified atom stereocenters. The van der Waals surface area contributed by atoms with Crippen molar-refractivity contribution in [2.45, 2.75) is 136 Å². The van der Waals surface area contributed by atoms with Gasteiger partial charge in [0.05, 0.1) is 17.7 Å². The number of aliphatic hydroxyl groups is 2. The Morgan fingerprint density at radius 1 is 0.923 bits per heavy atom. The largest absolute Gasteiger partial charge is 0.393 e. The second-order valence-electron chi connectivity index (χ2n) is 15.1. The van der Waals surface area contributed by atoms with Crippen molar-refractivity contribution >= 4 is 0 Å². The van der Waals surface area contributed by atoms with Gasteiger partial charge in [0.1, 0.15) is 0 Å². The van der Waals surface area contributed by atoms with E-state index in [1.807, 2.05) is 0 Å². The summed E-state index contributed by atoms with van der Waals surface area (Å²) in [6, 6.07) is -0.0706. The van der Waals surface area contributed by atoms with E-state index in [2.05, 4.69) is 51.3 Å². The lowest BCUT2D eigenvalue weighted by Gasteiger charge is -2.63. The highest BCUT2D eigenvalue weighted by atomic mass is 16.3. The standard InChI is InChI=1S/C34H63N3O2/c1-24(2)10-8-11-25(3)28-12-13-29-27-22-31(37-21-7-6-19-36-20-9-18-35)34(39)23-26(38)14-17-33(34,5)30(27)15-16-32(28,29)4/h22,24-26,28-31,36-39H,6-21,23,35H2,1-5H3/t25?,26-,28+,29?,30?,31+,32+,33+,34-/m0/s1. The summed E-state index contributed by atoms with van der Waals surface area (Å²) in [6.07, 6.45) is 16.8. The van der Waals surface area contributed by atoms with E-state index >= 15 is 0 Å². The summed E-state index contributed by atoms with van der Waals surface area (Å²) in [5.41, 5.74) is 6.61. The van der Waals surface area contributed by atoms with E-state index in [0.717, 1.165) is 76.0 Å². The molecule has 0 radical (unpaired) electrons. The molecule has 0 aromatic heterocycles. The highest BCUT2D eigenvalue weighted by Gasteiger charge is 2.64. The Labute approximate surface area is 240 Å². The lowest BCUT2D eigenvalue weighted by molar-refractivity contribution is -0.181. The van der Waals surface area contributed by atoms with Crippen LogP contribution in [-0.2, 0) is 0 Å². The molecule has 0 aliphatic heterocycles. The predicted octanol–water partition coefficient (Wildman–Crippen LogP) is 5.79. The van der Waals surface area contributed by atoms with Gasteiger partial charge >= 0.3 is 0 Å². The van der Waals surface area contributed by atoms with Crippen LogP contribution in [0.4, 0.5) is 0 Å². The fraction of sp³-hybridized carbons (Fsp3) is 0.941. The van der Waals surface area contributed by atoms with Crippen LogP contribution in [0.3, 0.4) is 0 Å². The quantitative estimate of drug-likeness (QED) is 0.141. The van der Waals surface area contributed by atoms with Gasteiger partial charge in [0.15, 0.2) is 0 Å². The molecule has 4 aliphatic rings. The van der Waals surface area contributed by atoms with E-state index in [4.69, 9.17) is 5.73 Å². The number of fused-ring (bicyclic) bond motifs is 5. The number of nitrogens with one attached hydrogen (secondary N) is 2. The SMILES string of the molecule is CC(C)CCCC(C)[C@H]1CCC2C3=C[C@@H](NCCCCNCCCN)[C@@]4(O)C[C@@H](O)CC[C@]4(C)C3CC[C@@]21C. The lowest BCUT2D eigenvalue weighted by Crippen LogP contribution is -2.68. The van der Waals surface area contributed by atoms with Gasteiger partial charge in [0, 0.05) is 11.8 Å². The van der Waals surface area contributed by atoms with Crippen LogP contribution in [0, 0.1) is 40.4 Å². The van der Waals surface area contributed by atoms with Crippen LogP contribution >= 0.6 is 0 Å². The van der Waals surface area contributed by atoms with E-state index in [9.17, 15) is 10.2 Å². The molecule has 0 aromatic carbocycles. The molecule has 0 saturated heterocycles. The van der Waals surface area contributed by atoms with Gasteiger partial charge in [-0.2, -0.15) is 0 Å². The number of allylic oxidation sites excluding steroid dienone is 1. The Bertz CT molecular complexity index is 816.